The molecule has 0 unspecified atom stereocenters. The molecule has 108 valence electrons. The molecule has 2 N–H and O–H groups in total. The van der Waals surface area contributed by atoms with Crippen LogP contribution in [-0.4, -0.2) is 11.0 Å². The summed E-state index contributed by atoms with van der Waals surface area (Å²) in [6.07, 6.45) is 2.78. The van der Waals surface area contributed by atoms with Crippen molar-refractivity contribution in [3.63, 3.8) is 0 Å². The number of nitrogens with one attached hydrogen (secondary N) is 1. The summed E-state index contributed by atoms with van der Waals surface area (Å²) in [5.41, 5.74) is -0.0172. The van der Waals surface area contributed by atoms with Crippen LogP contribution in [0.3, 0.4) is 0 Å². The lowest BCUT2D eigenvalue weighted by Crippen LogP contribution is -2.39. The van der Waals surface area contributed by atoms with E-state index in [4.69, 9.17) is 0 Å². The molecular formula is C16H22N2O2. The van der Waals surface area contributed by atoms with Crippen molar-refractivity contribution in [1.82, 2.24) is 5.32 Å². The third kappa shape index (κ3) is 3.99. The number of phenols is 1. The molecule has 0 fully saturated rings. The molecule has 0 radical (unpaired) electrons. The van der Waals surface area contributed by atoms with Gasteiger partial charge in [0.05, 0.1) is 6.07 Å². The highest BCUT2D eigenvalue weighted by Crippen LogP contribution is 2.29. The van der Waals surface area contributed by atoms with Gasteiger partial charge in [-0.15, -0.1) is 0 Å². The van der Waals surface area contributed by atoms with Crippen LogP contribution in [0.2, 0.25) is 0 Å². The molecule has 1 aromatic rings. The number of rotatable bonds is 7. The van der Waals surface area contributed by atoms with Gasteiger partial charge in [-0.05, 0) is 30.5 Å². The van der Waals surface area contributed by atoms with E-state index >= 15 is 0 Å². The number of carbonyl (C=O) groups is 1. The summed E-state index contributed by atoms with van der Waals surface area (Å²) >= 11 is 0. The van der Waals surface area contributed by atoms with Gasteiger partial charge in [0, 0.05) is 6.54 Å². The van der Waals surface area contributed by atoms with Crippen molar-refractivity contribution in [1.29, 1.82) is 5.26 Å². The normalized spacial score (nSPS) is 10.8. The maximum absolute atomic E-state index is 12.3. The summed E-state index contributed by atoms with van der Waals surface area (Å²) in [5, 5.41) is 21.4. The predicted octanol–water partition coefficient (Wildman–Crippen LogP) is 3.12. The van der Waals surface area contributed by atoms with Gasteiger partial charge >= 0.3 is 0 Å². The number of hydrogen-bond acceptors (Lipinski definition) is 3. The number of amides is 1. The second kappa shape index (κ2) is 7.54. The molecule has 1 rings (SSSR count). The molecule has 0 heterocycles. The fraction of sp³-hybridized carbons (Fsp3) is 0.500. The quantitative estimate of drug-likeness (QED) is 0.802. The van der Waals surface area contributed by atoms with Crippen LogP contribution in [0.1, 0.15) is 45.1 Å². The van der Waals surface area contributed by atoms with Gasteiger partial charge in [0.1, 0.15) is 11.2 Å². The highest BCUT2D eigenvalue weighted by Gasteiger charge is 2.36. The first-order chi connectivity index (χ1) is 9.57. The topological polar surface area (TPSA) is 73.1 Å². The van der Waals surface area contributed by atoms with Crippen molar-refractivity contribution < 1.29 is 9.90 Å². The minimum Gasteiger partial charge on any atom is -0.508 e. The standard InChI is InChI=1S/C16H22N2O2/c1-3-9-16(12-17,10-4-2)15(20)18-11-13-5-7-14(19)8-6-13/h5-8,19H,3-4,9-11H2,1-2H3,(H,18,20). The number of phenolic OH excluding ortho intramolecular Hbond substituents is 1. The van der Waals surface area contributed by atoms with Crippen LogP contribution < -0.4 is 5.32 Å². The zero-order valence-electron chi connectivity index (χ0n) is 12.1. The Balaban J connectivity index is 2.71. The van der Waals surface area contributed by atoms with E-state index in [0.717, 1.165) is 18.4 Å². The number of aromatic hydroxyl groups is 1. The van der Waals surface area contributed by atoms with Crippen molar-refractivity contribution in [3.8, 4) is 11.8 Å². The lowest BCUT2D eigenvalue weighted by molar-refractivity contribution is -0.129. The monoisotopic (exact) mass is 274 g/mol. The second-order valence-corrected chi connectivity index (χ2v) is 5.04. The van der Waals surface area contributed by atoms with Crippen LogP contribution in [0.5, 0.6) is 5.75 Å². The number of nitrogens with zero attached hydrogens (tertiary/aromatic N) is 1. The molecule has 0 aliphatic heterocycles. The number of nitriles is 1. The number of carbonyl (C=O) groups excluding carboxylic acids is 1. The first-order valence-corrected chi connectivity index (χ1v) is 7.05. The Kier molecular flexibility index (Phi) is 6.05. The Morgan fingerprint density at radius 3 is 2.25 bits per heavy atom. The van der Waals surface area contributed by atoms with Crippen molar-refractivity contribution in [3.05, 3.63) is 29.8 Å². The van der Waals surface area contributed by atoms with Gasteiger partial charge in [0.15, 0.2) is 0 Å². The summed E-state index contributed by atoms with van der Waals surface area (Å²) < 4.78 is 0. The van der Waals surface area contributed by atoms with E-state index in [-0.39, 0.29) is 11.7 Å². The lowest BCUT2D eigenvalue weighted by Gasteiger charge is -2.24. The van der Waals surface area contributed by atoms with E-state index in [9.17, 15) is 15.2 Å². The maximum atomic E-state index is 12.3. The van der Waals surface area contributed by atoms with E-state index in [1.54, 1.807) is 24.3 Å². The molecule has 20 heavy (non-hydrogen) atoms. The second-order valence-electron chi connectivity index (χ2n) is 5.04. The highest BCUT2D eigenvalue weighted by atomic mass is 16.3. The molecule has 0 saturated carbocycles. The zero-order valence-corrected chi connectivity index (χ0v) is 12.1. The van der Waals surface area contributed by atoms with E-state index in [2.05, 4.69) is 11.4 Å². The summed E-state index contributed by atoms with van der Waals surface area (Å²) in [7, 11) is 0. The molecule has 1 amide bonds. The Morgan fingerprint density at radius 2 is 1.80 bits per heavy atom. The lowest BCUT2D eigenvalue weighted by atomic mass is 9.79. The molecule has 0 atom stereocenters. The first-order valence-electron chi connectivity index (χ1n) is 7.05. The molecule has 4 heteroatoms. The minimum atomic E-state index is -0.916. The van der Waals surface area contributed by atoms with Crippen LogP contribution in [0, 0.1) is 16.7 Å². The first kappa shape index (κ1) is 16.0. The fourth-order valence-corrected chi connectivity index (χ4v) is 2.33. The third-order valence-electron chi connectivity index (χ3n) is 3.39. The molecule has 0 aromatic heterocycles. The molecule has 1 aromatic carbocycles. The summed E-state index contributed by atoms with van der Waals surface area (Å²) in [4.78, 5) is 12.3. The van der Waals surface area contributed by atoms with Gasteiger partial charge in [-0.1, -0.05) is 38.8 Å². The molecule has 0 aliphatic carbocycles. The highest BCUT2D eigenvalue weighted by molar-refractivity contribution is 5.85. The Morgan fingerprint density at radius 1 is 1.25 bits per heavy atom. The van der Waals surface area contributed by atoms with Gasteiger partial charge in [0.25, 0.3) is 0 Å². The third-order valence-corrected chi connectivity index (χ3v) is 3.39. The van der Waals surface area contributed by atoms with Gasteiger partial charge in [-0.3, -0.25) is 4.79 Å². The van der Waals surface area contributed by atoms with E-state index in [1.807, 2.05) is 13.8 Å². The smallest absolute Gasteiger partial charge is 0.240 e. The van der Waals surface area contributed by atoms with Gasteiger partial charge < -0.3 is 10.4 Å². The molecular weight excluding hydrogens is 252 g/mol. The summed E-state index contributed by atoms with van der Waals surface area (Å²) in [6, 6.07) is 8.88. The summed E-state index contributed by atoms with van der Waals surface area (Å²) in [6.45, 7) is 4.33. The van der Waals surface area contributed by atoms with Crippen molar-refractivity contribution in [2.75, 3.05) is 0 Å². The largest absolute Gasteiger partial charge is 0.508 e. The van der Waals surface area contributed by atoms with E-state index < -0.39 is 5.41 Å². The van der Waals surface area contributed by atoms with E-state index in [0.29, 0.717) is 19.4 Å². The van der Waals surface area contributed by atoms with Crippen molar-refractivity contribution in [2.24, 2.45) is 5.41 Å². The number of hydrogen-bond donors (Lipinski definition) is 2. The van der Waals surface area contributed by atoms with Crippen LogP contribution in [0.4, 0.5) is 0 Å². The van der Waals surface area contributed by atoms with Crippen molar-refractivity contribution >= 4 is 5.91 Å². The average Bonchev–Trinajstić information content (AvgIpc) is 2.46. The maximum Gasteiger partial charge on any atom is 0.240 e. The van der Waals surface area contributed by atoms with Gasteiger partial charge in [-0.2, -0.15) is 5.26 Å². The fourth-order valence-electron chi connectivity index (χ4n) is 2.33. The average molecular weight is 274 g/mol. The molecule has 0 saturated heterocycles. The minimum absolute atomic E-state index is 0.197. The van der Waals surface area contributed by atoms with Gasteiger partial charge in [-0.25, -0.2) is 0 Å². The molecule has 0 aliphatic rings. The predicted molar refractivity (Wildman–Crippen MR) is 77.8 cm³/mol. The van der Waals surface area contributed by atoms with Crippen molar-refractivity contribution in [2.45, 2.75) is 46.1 Å². The van der Waals surface area contributed by atoms with Crippen LogP contribution in [0.25, 0.3) is 0 Å². The van der Waals surface area contributed by atoms with Crippen LogP contribution in [0.15, 0.2) is 24.3 Å². The Labute approximate surface area is 120 Å². The molecule has 0 spiro atoms. The van der Waals surface area contributed by atoms with Crippen LogP contribution in [-0.2, 0) is 11.3 Å². The Hall–Kier alpha value is -2.02. The zero-order chi connectivity index (χ0) is 15.0. The molecule has 0 bridgehead atoms. The summed E-state index contributed by atoms with van der Waals surface area (Å²) in [5.74, 6) is 0.000175. The molecule has 4 nitrogen and oxygen atoms in total. The van der Waals surface area contributed by atoms with E-state index in [1.165, 1.54) is 0 Å². The van der Waals surface area contributed by atoms with Crippen LogP contribution >= 0.6 is 0 Å². The number of benzene rings is 1. The van der Waals surface area contributed by atoms with Gasteiger partial charge in [0.2, 0.25) is 5.91 Å². The Bertz CT molecular complexity index is 468. The SMILES string of the molecule is CCCC(C#N)(CCC)C(=O)NCc1ccc(O)cc1.